The van der Waals surface area contributed by atoms with Gasteiger partial charge < -0.3 is 15.0 Å². The minimum Gasteiger partial charge on any atom is -0.382 e. The van der Waals surface area contributed by atoms with Gasteiger partial charge in [-0.05, 0) is 46.1 Å². The molecule has 0 radical (unpaired) electrons. The number of aryl methyl sites for hydroxylation is 2. The number of rotatable bonds is 7. The molecule has 0 saturated carbocycles. The number of benzene rings is 1. The van der Waals surface area contributed by atoms with Crippen molar-refractivity contribution < 1.29 is 4.74 Å². The zero-order valence-corrected chi connectivity index (χ0v) is 18.0. The van der Waals surface area contributed by atoms with E-state index < -0.39 is 0 Å². The molecule has 5 nitrogen and oxygen atoms in total. The Hall–Kier alpha value is -2.22. The number of aromatic nitrogens is 3. The number of hydrogen-bond acceptors (Lipinski definition) is 5. The average Bonchev–Trinajstić information content (AvgIpc) is 3.27. The number of hydrogen-bond donors (Lipinski definition) is 1. The summed E-state index contributed by atoms with van der Waals surface area (Å²) in [6.07, 6.45) is 1.74. The first kappa shape index (κ1) is 19.1. The van der Waals surface area contributed by atoms with Crippen LogP contribution in [0.3, 0.4) is 0 Å². The number of fused-ring (bicyclic) bond motifs is 1. The molecule has 1 aromatic carbocycles. The summed E-state index contributed by atoms with van der Waals surface area (Å²) < 4.78 is 8.96. The molecule has 4 rings (SSSR count). The van der Waals surface area contributed by atoms with Crippen molar-refractivity contribution in [1.29, 1.82) is 0 Å². The lowest BCUT2D eigenvalue weighted by atomic mass is 10.2. The standard InChI is InChI=1S/C21H21BrN4OS/c1-26-16-12-15(17-9-10-18(22)28-17)24-21(23)20(16)25-19(26)8-5-11-27-13-14-6-3-2-4-7-14/h2-4,6-7,9-10,12H,5,8,11,13H2,1H3,(H2,23,24). The number of pyridine rings is 1. The fraction of sp³-hybridized carbons (Fsp3) is 0.238. The molecule has 3 heterocycles. The third kappa shape index (κ3) is 4.11. The fourth-order valence-electron chi connectivity index (χ4n) is 3.16. The summed E-state index contributed by atoms with van der Waals surface area (Å²) in [5.41, 5.74) is 10.0. The molecule has 0 atom stereocenters. The Bertz CT molecular complexity index is 1090. The molecule has 0 fully saturated rings. The maximum atomic E-state index is 6.21. The molecule has 0 bridgehead atoms. The summed E-state index contributed by atoms with van der Waals surface area (Å²) in [6.45, 7) is 1.33. The zero-order valence-electron chi connectivity index (χ0n) is 15.6. The summed E-state index contributed by atoms with van der Waals surface area (Å²) in [4.78, 5) is 10.4. The van der Waals surface area contributed by atoms with Crippen LogP contribution in [0.1, 0.15) is 17.8 Å². The second kappa shape index (κ2) is 8.43. The SMILES string of the molecule is Cn1c(CCCOCc2ccccc2)nc2c(N)nc(-c3ccc(Br)s3)cc21. The monoisotopic (exact) mass is 456 g/mol. The van der Waals surface area contributed by atoms with E-state index in [1.807, 2.05) is 37.4 Å². The lowest BCUT2D eigenvalue weighted by Crippen LogP contribution is -2.02. The van der Waals surface area contributed by atoms with E-state index in [1.165, 1.54) is 5.56 Å². The molecule has 2 N–H and O–H groups in total. The van der Waals surface area contributed by atoms with E-state index in [9.17, 15) is 0 Å². The molecule has 0 spiro atoms. The van der Waals surface area contributed by atoms with Crippen LogP contribution in [0.4, 0.5) is 5.82 Å². The molecule has 0 unspecified atom stereocenters. The van der Waals surface area contributed by atoms with Gasteiger partial charge in [0.2, 0.25) is 0 Å². The van der Waals surface area contributed by atoms with E-state index in [2.05, 4.69) is 43.7 Å². The second-order valence-corrected chi connectivity index (χ2v) is 9.06. The van der Waals surface area contributed by atoms with Gasteiger partial charge in [-0.15, -0.1) is 11.3 Å². The zero-order chi connectivity index (χ0) is 19.5. The third-order valence-corrected chi connectivity index (χ3v) is 6.26. The Morgan fingerprint density at radius 2 is 1.96 bits per heavy atom. The van der Waals surface area contributed by atoms with Crippen molar-refractivity contribution in [3.05, 3.63) is 63.7 Å². The highest BCUT2D eigenvalue weighted by Gasteiger charge is 2.14. The van der Waals surface area contributed by atoms with Crippen molar-refractivity contribution >= 4 is 44.1 Å². The quantitative estimate of drug-likeness (QED) is 0.388. The van der Waals surface area contributed by atoms with Crippen molar-refractivity contribution in [2.45, 2.75) is 19.4 Å². The van der Waals surface area contributed by atoms with Crippen LogP contribution in [0, 0.1) is 0 Å². The van der Waals surface area contributed by atoms with Gasteiger partial charge in [-0.3, -0.25) is 0 Å². The molecular weight excluding hydrogens is 436 g/mol. The van der Waals surface area contributed by atoms with Gasteiger partial charge in [0.1, 0.15) is 11.3 Å². The Labute approximate surface area is 176 Å². The molecule has 0 saturated heterocycles. The number of nitrogens with two attached hydrogens (primary N) is 1. The summed E-state index contributed by atoms with van der Waals surface area (Å²) in [5.74, 6) is 1.47. The molecule has 4 aromatic rings. The maximum Gasteiger partial charge on any atom is 0.152 e. The first-order valence-electron chi connectivity index (χ1n) is 9.11. The Kier molecular flexibility index (Phi) is 5.75. The molecule has 0 aliphatic carbocycles. The van der Waals surface area contributed by atoms with E-state index in [4.69, 9.17) is 15.5 Å². The van der Waals surface area contributed by atoms with Gasteiger partial charge in [0, 0.05) is 20.1 Å². The molecule has 28 heavy (non-hydrogen) atoms. The van der Waals surface area contributed by atoms with Crippen molar-refractivity contribution in [1.82, 2.24) is 14.5 Å². The predicted molar refractivity (Wildman–Crippen MR) is 118 cm³/mol. The summed E-state index contributed by atoms with van der Waals surface area (Å²) in [6, 6.07) is 16.3. The first-order chi connectivity index (χ1) is 13.6. The van der Waals surface area contributed by atoms with Crippen LogP contribution in [-0.2, 0) is 24.8 Å². The van der Waals surface area contributed by atoms with Gasteiger partial charge in [-0.1, -0.05) is 30.3 Å². The second-order valence-electron chi connectivity index (χ2n) is 6.59. The van der Waals surface area contributed by atoms with Crippen LogP contribution in [0.15, 0.2) is 52.3 Å². The summed E-state index contributed by atoms with van der Waals surface area (Å²) >= 11 is 5.14. The van der Waals surface area contributed by atoms with E-state index in [0.717, 1.165) is 44.1 Å². The number of thiophene rings is 1. The van der Waals surface area contributed by atoms with Gasteiger partial charge in [0.05, 0.1) is 26.5 Å². The first-order valence-corrected chi connectivity index (χ1v) is 10.7. The Morgan fingerprint density at radius 1 is 1.14 bits per heavy atom. The van der Waals surface area contributed by atoms with Crippen molar-refractivity contribution in [2.75, 3.05) is 12.3 Å². The molecule has 0 aliphatic heterocycles. The minimum absolute atomic E-state index is 0.471. The van der Waals surface area contributed by atoms with Crippen LogP contribution < -0.4 is 5.73 Å². The predicted octanol–water partition coefficient (Wildman–Crippen LogP) is 5.19. The van der Waals surface area contributed by atoms with Crippen LogP contribution in [0.2, 0.25) is 0 Å². The third-order valence-electron chi connectivity index (χ3n) is 4.62. The Balaban J connectivity index is 1.44. The molecule has 7 heteroatoms. The number of anilines is 1. The van der Waals surface area contributed by atoms with Crippen LogP contribution in [0.25, 0.3) is 21.6 Å². The normalized spacial score (nSPS) is 11.4. The fourth-order valence-corrected chi connectivity index (χ4v) is 4.50. The van der Waals surface area contributed by atoms with E-state index in [-0.39, 0.29) is 0 Å². The molecule has 0 aliphatic rings. The highest BCUT2D eigenvalue weighted by Crippen LogP contribution is 2.33. The van der Waals surface area contributed by atoms with E-state index in [0.29, 0.717) is 19.0 Å². The number of nitrogen functional groups attached to an aromatic ring is 1. The van der Waals surface area contributed by atoms with Gasteiger partial charge in [0.25, 0.3) is 0 Å². The smallest absolute Gasteiger partial charge is 0.152 e. The number of halogens is 1. The minimum atomic E-state index is 0.471. The Morgan fingerprint density at radius 3 is 2.71 bits per heavy atom. The van der Waals surface area contributed by atoms with Crippen molar-refractivity contribution in [3.63, 3.8) is 0 Å². The molecule has 0 amide bonds. The van der Waals surface area contributed by atoms with E-state index in [1.54, 1.807) is 11.3 Å². The lowest BCUT2D eigenvalue weighted by Gasteiger charge is -2.05. The lowest BCUT2D eigenvalue weighted by molar-refractivity contribution is 0.118. The number of imidazole rings is 1. The molecule has 3 aromatic heterocycles. The molecular formula is C21H21BrN4OS. The van der Waals surface area contributed by atoms with Crippen molar-refractivity contribution in [3.8, 4) is 10.6 Å². The van der Waals surface area contributed by atoms with Crippen LogP contribution in [0.5, 0.6) is 0 Å². The van der Waals surface area contributed by atoms with Crippen LogP contribution >= 0.6 is 27.3 Å². The van der Waals surface area contributed by atoms with Crippen molar-refractivity contribution in [2.24, 2.45) is 7.05 Å². The highest BCUT2D eigenvalue weighted by molar-refractivity contribution is 9.11. The summed E-state index contributed by atoms with van der Waals surface area (Å²) in [5, 5.41) is 0. The van der Waals surface area contributed by atoms with Gasteiger partial charge in [-0.2, -0.15) is 0 Å². The topological polar surface area (TPSA) is 66.0 Å². The maximum absolute atomic E-state index is 6.21. The van der Waals surface area contributed by atoms with Crippen LogP contribution in [-0.4, -0.2) is 21.1 Å². The van der Waals surface area contributed by atoms with Gasteiger partial charge in [0.15, 0.2) is 5.82 Å². The molecule has 144 valence electrons. The average molecular weight is 457 g/mol. The number of ether oxygens (including phenoxy) is 1. The van der Waals surface area contributed by atoms with E-state index >= 15 is 0 Å². The largest absolute Gasteiger partial charge is 0.382 e. The van der Waals surface area contributed by atoms with Gasteiger partial charge >= 0.3 is 0 Å². The number of nitrogens with zero attached hydrogens (tertiary/aromatic N) is 3. The van der Waals surface area contributed by atoms with Gasteiger partial charge in [-0.25, -0.2) is 9.97 Å². The highest BCUT2D eigenvalue weighted by atomic mass is 79.9. The summed E-state index contributed by atoms with van der Waals surface area (Å²) in [7, 11) is 2.03.